The van der Waals surface area contributed by atoms with E-state index in [0.29, 0.717) is 6.04 Å². The first kappa shape index (κ1) is 13.5. The molecule has 5 nitrogen and oxygen atoms in total. The van der Waals surface area contributed by atoms with Gasteiger partial charge in [-0.25, -0.2) is 0 Å². The molecule has 110 valence electrons. The molecule has 1 heterocycles. The third kappa shape index (κ3) is 2.98. The Kier molecular flexibility index (Phi) is 3.96. The van der Waals surface area contributed by atoms with Crippen molar-refractivity contribution in [3.05, 3.63) is 23.4 Å². The average Bonchev–Trinajstić information content (AvgIpc) is 2.89. The topological polar surface area (TPSA) is 71.7 Å². The molecule has 3 aliphatic rings. The van der Waals surface area contributed by atoms with Gasteiger partial charge < -0.3 is 21.2 Å². The predicted molar refractivity (Wildman–Crippen MR) is 79.9 cm³/mol. The van der Waals surface area contributed by atoms with Crippen LogP contribution in [0.1, 0.15) is 45.4 Å². The predicted octanol–water partition coefficient (Wildman–Crippen LogP) is 1.73. The Morgan fingerprint density at radius 1 is 1.35 bits per heavy atom. The Balaban J connectivity index is 1.56. The molecule has 0 aromatic heterocycles. The van der Waals surface area contributed by atoms with Crippen molar-refractivity contribution in [1.82, 2.24) is 10.6 Å². The van der Waals surface area contributed by atoms with Crippen molar-refractivity contribution in [2.24, 2.45) is 10.9 Å². The molecule has 0 amide bonds. The number of rotatable bonds is 3. The molecular formula is C15H24N4O. The second kappa shape index (κ2) is 5.87. The first-order chi connectivity index (χ1) is 9.72. The molecular weight excluding hydrogens is 252 g/mol. The summed E-state index contributed by atoms with van der Waals surface area (Å²) in [4.78, 5) is 5.33. The van der Waals surface area contributed by atoms with Gasteiger partial charge in [0.15, 0.2) is 0 Å². The minimum atomic E-state index is -0.177. The van der Waals surface area contributed by atoms with E-state index in [9.17, 15) is 0 Å². The van der Waals surface area contributed by atoms with E-state index in [0.717, 1.165) is 23.5 Å². The molecule has 1 fully saturated rings. The summed E-state index contributed by atoms with van der Waals surface area (Å²) in [5, 5.41) is 10.8. The van der Waals surface area contributed by atoms with Crippen LogP contribution in [0.25, 0.3) is 0 Å². The molecule has 5 heteroatoms. The minimum absolute atomic E-state index is 0.177. The van der Waals surface area contributed by atoms with E-state index in [1.54, 1.807) is 0 Å². The monoisotopic (exact) mass is 276 g/mol. The summed E-state index contributed by atoms with van der Waals surface area (Å²) >= 11 is 0. The molecule has 2 atom stereocenters. The third-order valence-corrected chi connectivity index (χ3v) is 4.30. The smallest absolute Gasteiger partial charge is 0.224 e. The molecule has 2 unspecified atom stereocenters. The number of nitrogens with zero attached hydrogens (tertiary/aromatic N) is 1. The fourth-order valence-electron chi connectivity index (χ4n) is 3.16. The Morgan fingerprint density at radius 2 is 2.15 bits per heavy atom. The maximum atomic E-state index is 6.23. The van der Waals surface area contributed by atoms with Crippen molar-refractivity contribution in [3.63, 3.8) is 0 Å². The van der Waals surface area contributed by atoms with Crippen LogP contribution in [0.3, 0.4) is 0 Å². The van der Waals surface area contributed by atoms with Gasteiger partial charge in [-0.1, -0.05) is 30.5 Å². The highest BCUT2D eigenvalue weighted by atomic mass is 16.7. The van der Waals surface area contributed by atoms with Gasteiger partial charge in [0, 0.05) is 17.3 Å². The van der Waals surface area contributed by atoms with Gasteiger partial charge in [-0.2, -0.15) is 0 Å². The first-order valence-electron chi connectivity index (χ1n) is 7.62. The van der Waals surface area contributed by atoms with Crippen molar-refractivity contribution in [2.45, 2.75) is 63.8 Å². The zero-order valence-corrected chi connectivity index (χ0v) is 12.1. The minimum Gasteiger partial charge on any atom is -0.401 e. The van der Waals surface area contributed by atoms with Crippen LogP contribution in [0.5, 0.6) is 0 Å². The maximum Gasteiger partial charge on any atom is 0.224 e. The molecule has 1 aliphatic heterocycles. The second-order valence-electron chi connectivity index (χ2n) is 5.94. The summed E-state index contributed by atoms with van der Waals surface area (Å²) < 4.78 is 0. The van der Waals surface area contributed by atoms with E-state index < -0.39 is 0 Å². The van der Waals surface area contributed by atoms with E-state index >= 15 is 0 Å². The number of hydrogen-bond acceptors (Lipinski definition) is 5. The highest BCUT2D eigenvalue weighted by Gasteiger charge is 2.26. The van der Waals surface area contributed by atoms with E-state index in [2.05, 4.69) is 21.9 Å². The van der Waals surface area contributed by atoms with Gasteiger partial charge >= 0.3 is 0 Å². The van der Waals surface area contributed by atoms with Gasteiger partial charge in [-0.05, 0) is 32.3 Å². The van der Waals surface area contributed by atoms with Gasteiger partial charge in [-0.3, -0.25) is 0 Å². The number of hydrogen-bond donors (Lipinski definition) is 3. The second-order valence-corrected chi connectivity index (χ2v) is 5.94. The molecule has 0 saturated heterocycles. The maximum absolute atomic E-state index is 6.23. The highest BCUT2D eigenvalue weighted by Crippen LogP contribution is 2.23. The van der Waals surface area contributed by atoms with Crippen molar-refractivity contribution >= 4 is 5.84 Å². The quantitative estimate of drug-likeness (QED) is 0.734. The summed E-state index contributed by atoms with van der Waals surface area (Å²) in [5.41, 5.74) is 8.21. The molecule has 1 saturated carbocycles. The highest BCUT2D eigenvalue weighted by molar-refractivity contribution is 5.80. The van der Waals surface area contributed by atoms with Gasteiger partial charge in [-0.15, -0.1) is 0 Å². The van der Waals surface area contributed by atoms with Gasteiger partial charge in [0.05, 0.1) is 6.04 Å². The zero-order chi connectivity index (χ0) is 13.9. The van der Waals surface area contributed by atoms with Crippen LogP contribution in [0.15, 0.2) is 28.6 Å². The largest absolute Gasteiger partial charge is 0.401 e. The normalized spacial score (nSPS) is 30.9. The van der Waals surface area contributed by atoms with Gasteiger partial charge in [0.1, 0.15) is 5.84 Å². The van der Waals surface area contributed by atoms with Crippen molar-refractivity contribution < 1.29 is 4.84 Å². The zero-order valence-electron chi connectivity index (χ0n) is 12.1. The lowest BCUT2D eigenvalue weighted by molar-refractivity contribution is 0.101. The van der Waals surface area contributed by atoms with Crippen LogP contribution in [0.4, 0.5) is 0 Å². The molecule has 2 aliphatic carbocycles. The molecule has 0 aromatic rings. The first-order valence-corrected chi connectivity index (χ1v) is 7.62. The van der Waals surface area contributed by atoms with Gasteiger partial charge in [0.2, 0.25) is 6.23 Å². The summed E-state index contributed by atoms with van der Waals surface area (Å²) in [6.07, 6.45) is 11.6. The van der Waals surface area contributed by atoms with Crippen LogP contribution in [0, 0.1) is 0 Å². The number of nitrogens with one attached hydrogen (secondary N) is 2. The van der Waals surface area contributed by atoms with E-state index in [1.807, 2.05) is 13.0 Å². The van der Waals surface area contributed by atoms with Crippen LogP contribution in [-0.4, -0.2) is 24.1 Å². The number of amidine groups is 1. The summed E-state index contributed by atoms with van der Waals surface area (Å²) in [5.74, 6) is 0.810. The average molecular weight is 276 g/mol. The van der Waals surface area contributed by atoms with Crippen molar-refractivity contribution in [3.8, 4) is 0 Å². The molecule has 0 bridgehead atoms. The molecule has 0 spiro atoms. The van der Waals surface area contributed by atoms with Crippen LogP contribution >= 0.6 is 0 Å². The lowest BCUT2D eigenvalue weighted by atomic mass is 9.92. The number of nitrogens with two attached hydrogens (primary N) is 1. The van der Waals surface area contributed by atoms with Crippen LogP contribution in [-0.2, 0) is 4.84 Å². The molecule has 3 rings (SSSR count). The van der Waals surface area contributed by atoms with E-state index in [4.69, 9.17) is 10.6 Å². The molecule has 0 radical (unpaired) electrons. The Morgan fingerprint density at radius 3 is 2.80 bits per heavy atom. The van der Waals surface area contributed by atoms with Crippen LogP contribution < -0.4 is 16.4 Å². The lowest BCUT2D eigenvalue weighted by Gasteiger charge is -2.30. The molecule has 0 aromatic carbocycles. The fourth-order valence-corrected chi connectivity index (χ4v) is 3.16. The van der Waals surface area contributed by atoms with Crippen molar-refractivity contribution in [1.29, 1.82) is 0 Å². The SMILES string of the molecule is CC1=NOC(C2=CCC(NC3CCCCC3)C(N)=C2)N1. The van der Waals surface area contributed by atoms with E-state index in [1.165, 1.54) is 32.1 Å². The number of oxime groups is 1. The third-order valence-electron chi connectivity index (χ3n) is 4.30. The fraction of sp³-hybridized carbons (Fsp3) is 0.667. The van der Waals surface area contributed by atoms with Crippen molar-refractivity contribution in [2.75, 3.05) is 0 Å². The Labute approximate surface area is 120 Å². The van der Waals surface area contributed by atoms with E-state index in [-0.39, 0.29) is 12.3 Å². The lowest BCUT2D eigenvalue weighted by Crippen LogP contribution is -2.43. The summed E-state index contributed by atoms with van der Waals surface area (Å²) in [7, 11) is 0. The molecule has 4 N–H and O–H groups in total. The van der Waals surface area contributed by atoms with Gasteiger partial charge in [0.25, 0.3) is 0 Å². The molecule has 20 heavy (non-hydrogen) atoms. The van der Waals surface area contributed by atoms with Crippen LogP contribution in [0.2, 0.25) is 0 Å². The Hall–Kier alpha value is -1.49. The standard InChI is InChI=1S/C15H24N4O/c1-10-17-15(20-19-10)11-7-8-14(13(16)9-11)18-12-5-3-2-4-6-12/h7,9,12,14-15,18H,2-6,8,16H2,1H3,(H,17,19). The summed E-state index contributed by atoms with van der Waals surface area (Å²) in [6, 6.07) is 0.896. The Bertz CT molecular complexity index is 449. The summed E-state index contributed by atoms with van der Waals surface area (Å²) in [6.45, 7) is 1.89.